The minimum atomic E-state index is 0.174. The van der Waals surface area contributed by atoms with Crippen molar-refractivity contribution in [3.63, 3.8) is 0 Å². The molecule has 0 saturated heterocycles. The van der Waals surface area contributed by atoms with E-state index >= 15 is 0 Å². The zero-order valence-corrected chi connectivity index (χ0v) is 11.5. The summed E-state index contributed by atoms with van der Waals surface area (Å²) in [5, 5.41) is 3.00. The fraction of sp³-hybridized carbons (Fsp3) is 0.400. The van der Waals surface area contributed by atoms with Crippen LogP contribution in [0.3, 0.4) is 0 Å². The van der Waals surface area contributed by atoms with E-state index in [1.54, 1.807) is 12.4 Å². The molecule has 1 aliphatic carbocycles. The maximum atomic E-state index is 11.8. The van der Waals surface area contributed by atoms with Crippen molar-refractivity contribution < 1.29 is 4.79 Å². The Morgan fingerprint density at radius 2 is 2.25 bits per heavy atom. The Kier molecular flexibility index (Phi) is 3.50. The number of carbonyl (C=O) groups is 1. The Bertz CT molecular complexity index is 616. The fourth-order valence-corrected chi connectivity index (χ4v) is 2.33. The molecule has 0 atom stereocenters. The highest BCUT2D eigenvalue weighted by atomic mass is 16.1. The molecule has 1 amide bonds. The summed E-state index contributed by atoms with van der Waals surface area (Å²) < 4.78 is 1.93. The maximum Gasteiger partial charge on any atom is 0.223 e. The zero-order chi connectivity index (χ0) is 13.9. The van der Waals surface area contributed by atoms with Crippen molar-refractivity contribution in [2.24, 2.45) is 5.92 Å². The number of aryl methyl sites for hydroxylation is 1. The Hall–Kier alpha value is -2.17. The first-order chi connectivity index (χ1) is 9.74. The molecule has 1 fully saturated rings. The van der Waals surface area contributed by atoms with Crippen LogP contribution in [-0.2, 0) is 11.3 Å². The van der Waals surface area contributed by atoms with Gasteiger partial charge < -0.3 is 5.32 Å². The summed E-state index contributed by atoms with van der Waals surface area (Å²) in [6.07, 6.45) is 8.64. The molecule has 5 nitrogen and oxygen atoms in total. The summed E-state index contributed by atoms with van der Waals surface area (Å²) in [6, 6.07) is 3.91. The number of aromatic nitrogens is 3. The highest BCUT2D eigenvalue weighted by Crippen LogP contribution is 2.26. The Labute approximate surface area is 118 Å². The van der Waals surface area contributed by atoms with Crippen molar-refractivity contribution in [1.29, 1.82) is 0 Å². The summed E-state index contributed by atoms with van der Waals surface area (Å²) in [6.45, 7) is 2.49. The second-order valence-corrected chi connectivity index (χ2v) is 5.21. The minimum absolute atomic E-state index is 0.174. The van der Waals surface area contributed by atoms with Gasteiger partial charge in [-0.25, -0.2) is 9.97 Å². The summed E-state index contributed by atoms with van der Waals surface area (Å²) in [7, 11) is 0. The lowest BCUT2D eigenvalue weighted by Gasteiger charge is -2.24. The van der Waals surface area contributed by atoms with Crippen LogP contribution in [0.25, 0.3) is 5.82 Å². The second-order valence-electron chi connectivity index (χ2n) is 5.21. The van der Waals surface area contributed by atoms with Gasteiger partial charge in [-0.1, -0.05) is 6.42 Å². The number of rotatable bonds is 4. The van der Waals surface area contributed by atoms with Crippen molar-refractivity contribution in [3.05, 3.63) is 42.1 Å². The van der Waals surface area contributed by atoms with Crippen molar-refractivity contribution in [2.75, 3.05) is 0 Å². The van der Waals surface area contributed by atoms with Crippen LogP contribution in [0, 0.1) is 12.8 Å². The van der Waals surface area contributed by atoms with E-state index in [9.17, 15) is 4.79 Å². The molecule has 0 aliphatic heterocycles. The molecule has 0 spiro atoms. The number of nitrogens with zero attached hydrogens (tertiary/aromatic N) is 3. The average Bonchev–Trinajstić information content (AvgIpc) is 2.81. The van der Waals surface area contributed by atoms with Gasteiger partial charge in [0.1, 0.15) is 11.6 Å². The minimum Gasteiger partial charge on any atom is -0.352 e. The summed E-state index contributed by atoms with van der Waals surface area (Å²) >= 11 is 0. The molecule has 3 rings (SSSR count). The van der Waals surface area contributed by atoms with Crippen LogP contribution in [-0.4, -0.2) is 20.4 Å². The average molecular weight is 270 g/mol. The molecule has 1 saturated carbocycles. The van der Waals surface area contributed by atoms with Gasteiger partial charge in [0.2, 0.25) is 5.91 Å². The van der Waals surface area contributed by atoms with E-state index in [2.05, 4.69) is 15.3 Å². The molecular formula is C15H18N4O. The van der Waals surface area contributed by atoms with Crippen LogP contribution in [0.15, 0.2) is 30.7 Å². The molecule has 0 aromatic carbocycles. The Balaban J connectivity index is 1.68. The molecule has 0 radical (unpaired) electrons. The first-order valence-electron chi connectivity index (χ1n) is 6.97. The van der Waals surface area contributed by atoms with Gasteiger partial charge in [0.25, 0.3) is 0 Å². The van der Waals surface area contributed by atoms with E-state index in [-0.39, 0.29) is 11.8 Å². The number of amides is 1. The van der Waals surface area contributed by atoms with Gasteiger partial charge in [0.15, 0.2) is 0 Å². The predicted octanol–water partition coefficient (Wildman–Crippen LogP) is 1.99. The molecule has 104 valence electrons. The Morgan fingerprint density at radius 1 is 1.40 bits per heavy atom. The molecule has 0 bridgehead atoms. The number of hydrogen-bond donors (Lipinski definition) is 1. The number of imidazole rings is 1. The van der Waals surface area contributed by atoms with Gasteiger partial charge in [0.05, 0.1) is 0 Å². The molecule has 2 aromatic rings. The summed E-state index contributed by atoms with van der Waals surface area (Å²) in [4.78, 5) is 20.4. The van der Waals surface area contributed by atoms with Gasteiger partial charge in [-0.2, -0.15) is 0 Å². The van der Waals surface area contributed by atoms with E-state index in [1.807, 2.05) is 29.8 Å². The first kappa shape index (κ1) is 12.8. The lowest BCUT2D eigenvalue weighted by molar-refractivity contribution is -0.127. The number of pyridine rings is 1. The molecule has 1 N–H and O–H groups in total. The standard InChI is InChI=1S/C15H18N4O/c1-11-16-7-8-19(11)14-9-12(5-6-17-14)10-18-15(20)13-3-2-4-13/h5-9,13H,2-4,10H2,1H3,(H,18,20). The van der Waals surface area contributed by atoms with E-state index in [0.29, 0.717) is 6.54 Å². The molecule has 1 aliphatic rings. The molecule has 5 heteroatoms. The molecule has 20 heavy (non-hydrogen) atoms. The highest BCUT2D eigenvalue weighted by molar-refractivity contribution is 5.79. The zero-order valence-electron chi connectivity index (χ0n) is 11.5. The monoisotopic (exact) mass is 270 g/mol. The molecule has 0 unspecified atom stereocenters. The summed E-state index contributed by atoms with van der Waals surface area (Å²) in [5.74, 6) is 2.13. The van der Waals surface area contributed by atoms with Crippen molar-refractivity contribution in [3.8, 4) is 5.82 Å². The van der Waals surface area contributed by atoms with Crippen LogP contribution in [0.4, 0.5) is 0 Å². The second kappa shape index (κ2) is 5.45. The quantitative estimate of drug-likeness (QED) is 0.924. The predicted molar refractivity (Wildman–Crippen MR) is 75.3 cm³/mol. The van der Waals surface area contributed by atoms with Gasteiger partial charge in [-0.15, -0.1) is 0 Å². The third-order valence-corrected chi connectivity index (χ3v) is 3.83. The third kappa shape index (κ3) is 2.57. The SMILES string of the molecule is Cc1nccn1-c1cc(CNC(=O)C2CCC2)ccn1. The van der Waals surface area contributed by atoms with Gasteiger partial charge in [-0.05, 0) is 37.5 Å². The fourth-order valence-electron chi connectivity index (χ4n) is 2.33. The van der Waals surface area contributed by atoms with Gasteiger partial charge in [-0.3, -0.25) is 9.36 Å². The van der Waals surface area contributed by atoms with E-state index in [4.69, 9.17) is 0 Å². The van der Waals surface area contributed by atoms with Crippen LogP contribution in [0.2, 0.25) is 0 Å². The lowest BCUT2D eigenvalue weighted by atomic mass is 9.85. The molecule has 2 aromatic heterocycles. The smallest absolute Gasteiger partial charge is 0.223 e. The molecule has 2 heterocycles. The normalized spacial score (nSPS) is 14.8. The van der Waals surface area contributed by atoms with E-state index in [0.717, 1.165) is 30.0 Å². The highest BCUT2D eigenvalue weighted by Gasteiger charge is 2.24. The van der Waals surface area contributed by atoms with Crippen LogP contribution in [0.1, 0.15) is 30.7 Å². The number of carbonyl (C=O) groups excluding carboxylic acids is 1. The topological polar surface area (TPSA) is 59.8 Å². The van der Waals surface area contributed by atoms with Crippen LogP contribution < -0.4 is 5.32 Å². The van der Waals surface area contributed by atoms with Gasteiger partial charge in [0, 0.05) is 31.1 Å². The first-order valence-corrected chi connectivity index (χ1v) is 6.97. The maximum absolute atomic E-state index is 11.8. The Morgan fingerprint density at radius 3 is 2.90 bits per heavy atom. The van der Waals surface area contributed by atoms with E-state index < -0.39 is 0 Å². The van der Waals surface area contributed by atoms with E-state index in [1.165, 1.54) is 6.42 Å². The lowest BCUT2D eigenvalue weighted by Crippen LogP contribution is -2.33. The molecular weight excluding hydrogens is 252 g/mol. The largest absolute Gasteiger partial charge is 0.352 e. The summed E-state index contributed by atoms with van der Waals surface area (Å²) in [5.41, 5.74) is 1.05. The number of nitrogens with one attached hydrogen (secondary N) is 1. The third-order valence-electron chi connectivity index (χ3n) is 3.83. The van der Waals surface area contributed by atoms with Crippen molar-refractivity contribution in [2.45, 2.75) is 32.7 Å². The van der Waals surface area contributed by atoms with Crippen LogP contribution >= 0.6 is 0 Å². The number of hydrogen-bond acceptors (Lipinski definition) is 3. The van der Waals surface area contributed by atoms with Gasteiger partial charge >= 0.3 is 0 Å². The van der Waals surface area contributed by atoms with Crippen molar-refractivity contribution in [1.82, 2.24) is 19.9 Å². The van der Waals surface area contributed by atoms with Crippen molar-refractivity contribution >= 4 is 5.91 Å². The van der Waals surface area contributed by atoms with Crippen LogP contribution in [0.5, 0.6) is 0 Å².